The van der Waals surface area contributed by atoms with Gasteiger partial charge >= 0.3 is 0 Å². The second kappa shape index (κ2) is 6.28. The molecule has 1 aliphatic rings. The molecule has 21 heavy (non-hydrogen) atoms. The summed E-state index contributed by atoms with van der Waals surface area (Å²) in [6.45, 7) is 6.15. The number of benzene rings is 1. The molecule has 1 saturated carbocycles. The van der Waals surface area contributed by atoms with E-state index < -0.39 is 17.2 Å². The van der Waals surface area contributed by atoms with E-state index >= 15 is 0 Å². The van der Waals surface area contributed by atoms with Gasteiger partial charge in [-0.2, -0.15) is 0 Å². The Balaban J connectivity index is 2.17. The van der Waals surface area contributed by atoms with Gasteiger partial charge in [0.2, 0.25) is 0 Å². The lowest BCUT2D eigenvalue weighted by atomic mass is 10.1. The minimum Gasteiger partial charge on any atom is -0.389 e. The van der Waals surface area contributed by atoms with E-state index in [-0.39, 0.29) is 12.2 Å². The molecular formula is C16H24F2N2O. The Kier molecular flexibility index (Phi) is 4.84. The lowest BCUT2D eigenvalue weighted by Crippen LogP contribution is -2.39. The molecule has 1 aromatic rings. The van der Waals surface area contributed by atoms with Crippen molar-refractivity contribution >= 4 is 5.69 Å². The second-order valence-electron chi connectivity index (χ2n) is 6.39. The smallest absolute Gasteiger partial charge is 0.149 e. The fraction of sp³-hybridized carbons (Fsp3) is 0.625. The predicted molar refractivity (Wildman–Crippen MR) is 80.4 cm³/mol. The molecule has 0 heterocycles. The van der Waals surface area contributed by atoms with E-state index in [4.69, 9.17) is 0 Å². The maximum Gasteiger partial charge on any atom is 0.149 e. The Morgan fingerprint density at radius 1 is 1.29 bits per heavy atom. The average molecular weight is 298 g/mol. The van der Waals surface area contributed by atoms with Crippen LogP contribution in [0.15, 0.2) is 12.1 Å². The van der Waals surface area contributed by atoms with Crippen LogP contribution in [0.5, 0.6) is 0 Å². The van der Waals surface area contributed by atoms with Gasteiger partial charge in [-0.05, 0) is 51.3 Å². The quantitative estimate of drug-likeness (QED) is 0.812. The Hall–Kier alpha value is -1.20. The summed E-state index contributed by atoms with van der Waals surface area (Å²) >= 11 is 0. The zero-order chi connectivity index (χ0) is 15.6. The maximum absolute atomic E-state index is 14.3. The van der Waals surface area contributed by atoms with Gasteiger partial charge in [-0.15, -0.1) is 0 Å². The van der Waals surface area contributed by atoms with E-state index in [0.29, 0.717) is 24.7 Å². The van der Waals surface area contributed by atoms with E-state index in [1.807, 2.05) is 6.92 Å². The third kappa shape index (κ3) is 4.64. The predicted octanol–water partition coefficient (Wildman–Crippen LogP) is 2.81. The van der Waals surface area contributed by atoms with E-state index in [1.54, 1.807) is 13.8 Å². The average Bonchev–Trinajstić information content (AvgIpc) is 3.16. The molecule has 0 radical (unpaired) electrons. The van der Waals surface area contributed by atoms with Crippen LogP contribution < -0.4 is 10.2 Å². The van der Waals surface area contributed by atoms with Crippen LogP contribution in [-0.2, 0) is 6.54 Å². The topological polar surface area (TPSA) is 35.5 Å². The molecule has 0 amide bonds. The summed E-state index contributed by atoms with van der Waals surface area (Å²) in [4.78, 5) is 1.53. The molecule has 5 heteroatoms. The van der Waals surface area contributed by atoms with Crippen LogP contribution >= 0.6 is 0 Å². The Morgan fingerprint density at radius 2 is 1.86 bits per heavy atom. The highest BCUT2D eigenvalue weighted by atomic mass is 19.1. The van der Waals surface area contributed by atoms with E-state index in [9.17, 15) is 13.9 Å². The standard InChI is InChI=1S/C16H24F2N2O/c1-4-20(10-16(2,3)21)15-13(17)7-11(8-14(15)18)9-19-12-5-6-12/h7-8,12,19,21H,4-6,9-10H2,1-3H3. The summed E-state index contributed by atoms with van der Waals surface area (Å²) in [5.74, 6) is -1.15. The molecule has 1 aliphatic carbocycles. The SMILES string of the molecule is CCN(CC(C)(C)O)c1c(F)cc(CNC2CC2)cc1F. The van der Waals surface area contributed by atoms with Gasteiger partial charge in [-0.25, -0.2) is 8.78 Å². The largest absolute Gasteiger partial charge is 0.389 e. The molecular weight excluding hydrogens is 274 g/mol. The molecule has 2 rings (SSSR count). The van der Waals surface area contributed by atoms with Crippen LogP contribution in [0.1, 0.15) is 39.2 Å². The summed E-state index contributed by atoms with van der Waals surface area (Å²) < 4.78 is 28.5. The number of halogens is 2. The first kappa shape index (κ1) is 16.2. The molecule has 3 nitrogen and oxygen atoms in total. The van der Waals surface area contributed by atoms with Gasteiger partial charge in [-0.1, -0.05) is 0 Å². The number of hydrogen-bond acceptors (Lipinski definition) is 3. The fourth-order valence-corrected chi connectivity index (χ4v) is 2.39. The van der Waals surface area contributed by atoms with Gasteiger partial charge in [0.1, 0.15) is 17.3 Å². The summed E-state index contributed by atoms with van der Waals surface area (Å²) in [5.41, 5.74) is -0.462. The summed E-state index contributed by atoms with van der Waals surface area (Å²) in [7, 11) is 0. The number of nitrogens with zero attached hydrogens (tertiary/aromatic N) is 1. The molecule has 0 unspecified atom stereocenters. The zero-order valence-electron chi connectivity index (χ0n) is 12.9. The van der Waals surface area contributed by atoms with Crippen molar-refractivity contribution in [3.8, 4) is 0 Å². The van der Waals surface area contributed by atoms with Crippen molar-refractivity contribution in [3.63, 3.8) is 0 Å². The number of likely N-dealkylation sites (N-methyl/N-ethyl adjacent to an activating group) is 1. The third-order valence-corrected chi connectivity index (χ3v) is 3.52. The van der Waals surface area contributed by atoms with E-state index in [0.717, 1.165) is 12.8 Å². The normalized spacial score (nSPS) is 15.3. The number of aliphatic hydroxyl groups is 1. The minimum absolute atomic E-state index is 0.0604. The molecule has 2 N–H and O–H groups in total. The first-order valence-corrected chi connectivity index (χ1v) is 7.49. The van der Waals surface area contributed by atoms with Gasteiger partial charge in [0.25, 0.3) is 0 Å². The highest BCUT2D eigenvalue weighted by Gasteiger charge is 2.24. The zero-order valence-corrected chi connectivity index (χ0v) is 12.9. The molecule has 0 bridgehead atoms. The number of hydrogen-bond donors (Lipinski definition) is 2. The van der Waals surface area contributed by atoms with Gasteiger partial charge in [0.05, 0.1) is 5.60 Å². The Labute approximate surface area is 125 Å². The van der Waals surface area contributed by atoms with Crippen molar-refractivity contribution < 1.29 is 13.9 Å². The molecule has 118 valence electrons. The maximum atomic E-state index is 14.3. The molecule has 0 saturated heterocycles. The molecule has 0 atom stereocenters. The van der Waals surface area contributed by atoms with Crippen LogP contribution in [0.25, 0.3) is 0 Å². The summed E-state index contributed by atoms with van der Waals surface area (Å²) in [5, 5.41) is 13.1. The molecule has 1 fully saturated rings. The van der Waals surface area contributed by atoms with Crippen molar-refractivity contribution in [2.45, 2.75) is 51.8 Å². The summed E-state index contributed by atoms with van der Waals surface area (Å²) in [6, 6.07) is 3.25. The first-order chi connectivity index (χ1) is 9.80. The van der Waals surface area contributed by atoms with Crippen LogP contribution in [0.3, 0.4) is 0 Å². The Bertz CT molecular complexity index is 473. The number of nitrogens with one attached hydrogen (secondary N) is 1. The van der Waals surface area contributed by atoms with Gasteiger partial charge in [0.15, 0.2) is 0 Å². The van der Waals surface area contributed by atoms with Crippen molar-refractivity contribution in [2.75, 3.05) is 18.0 Å². The molecule has 0 aliphatic heterocycles. The minimum atomic E-state index is -1.01. The second-order valence-corrected chi connectivity index (χ2v) is 6.39. The van der Waals surface area contributed by atoms with Crippen LogP contribution in [0, 0.1) is 11.6 Å². The van der Waals surface area contributed by atoms with Crippen LogP contribution in [-0.4, -0.2) is 29.8 Å². The summed E-state index contributed by atoms with van der Waals surface area (Å²) in [6.07, 6.45) is 2.27. The lowest BCUT2D eigenvalue weighted by Gasteiger charge is -2.30. The Morgan fingerprint density at radius 3 is 2.29 bits per heavy atom. The van der Waals surface area contributed by atoms with Crippen molar-refractivity contribution in [2.24, 2.45) is 0 Å². The monoisotopic (exact) mass is 298 g/mol. The molecule has 1 aromatic carbocycles. The lowest BCUT2D eigenvalue weighted by molar-refractivity contribution is 0.0873. The fourth-order valence-electron chi connectivity index (χ4n) is 2.39. The van der Waals surface area contributed by atoms with Gasteiger partial charge < -0.3 is 15.3 Å². The van der Waals surface area contributed by atoms with Crippen molar-refractivity contribution in [1.29, 1.82) is 0 Å². The van der Waals surface area contributed by atoms with Gasteiger partial charge in [0, 0.05) is 25.7 Å². The molecule has 0 spiro atoms. The van der Waals surface area contributed by atoms with Gasteiger partial charge in [-0.3, -0.25) is 0 Å². The van der Waals surface area contributed by atoms with Crippen molar-refractivity contribution in [3.05, 3.63) is 29.3 Å². The van der Waals surface area contributed by atoms with E-state index in [2.05, 4.69) is 5.32 Å². The highest BCUT2D eigenvalue weighted by Crippen LogP contribution is 2.27. The van der Waals surface area contributed by atoms with E-state index in [1.165, 1.54) is 17.0 Å². The highest BCUT2D eigenvalue weighted by molar-refractivity contribution is 5.51. The number of anilines is 1. The third-order valence-electron chi connectivity index (χ3n) is 3.52. The molecule has 0 aromatic heterocycles. The first-order valence-electron chi connectivity index (χ1n) is 7.49. The van der Waals surface area contributed by atoms with Crippen LogP contribution in [0.2, 0.25) is 0 Å². The van der Waals surface area contributed by atoms with Crippen molar-refractivity contribution in [1.82, 2.24) is 5.32 Å². The number of rotatable bonds is 7. The van der Waals surface area contributed by atoms with Crippen LogP contribution in [0.4, 0.5) is 14.5 Å².